The van der Waals surface area contributed by atoms with Crippen LogP contribution in [0.25, 0.3) is 61.7 Å². The van der Waals surface area contributed by atoms with Crippen LogP contribution < -0.4 is 0 Å². The van der Waals surface area contributed by atoms with Crippen LogP contribution in [0, 0.1) is 0 Å². The molecule has 2 heterocycles. The van der Waals surface area contributed by atoms with Gasteiger partial charge in [0.2, 0.25) is 0 Å². The summed E-state index contributed by atoms with van der Waals surface area (Å²) in [7, 11) is 0. The van der Waals surface area contributed by atoms with Gasteiger partial charge in [-0.15, -0.1) is 0 Å². The number of aromatic nitrogens is 3. The van der Waals surface area contributed by atoms with Crippen LogP contribution in [0.15, 0.2) is 113 Å². The van der Waals surface area contributed by atoms with E-state index in [0.29, 0.717) is 17.5 Å². The van der Waals surface area contributed by atoms with Gasteiger partial charge in [0.1, 0.15) is 11.3 Å². The molecule has 6 aromatic rings. The van der Waals surface area contributed by atoms with E-state index in [0.717, 1.165) is 77.5 Å². The summed E-state index contributed by atoms with van der Waals surface area (Å²) in [5.74, 6) is 3.09. The molecule has 4 nitrogen and oxygen atoms in total. The third-order valence-electron chi connectivity index (χ3n) is 9.64. The van der Waals surface area contributed by atoms with Crippen molar-refractivity contribution in [2.75, 3.05) is 0 Å². The minimum absolute atomic E-state index is 0.682. The zero-order chi connectivity index (χ0) is 30.6. The summed E-state index contributed by atoms with van der Waals surface area (Å²) in [5.41, 5.74) is 11.5. The Morgan fingerprint density at radius 2 is 1.37 bits per heavy atom. The van der Waals surface area contributed by atoms with E-state index in [-0.39, 0.29) is 0 Å². The summed E-state index contributed by atoms with van der Waals surface area (Å²) in [5, 5.41) is 3.49. The van der Waals surface area contributed by atoms with E-state index < -0.39 is 0 Å². The zero-order valence-electron chi connectivity index (χ0n) is 25.9. The van der Waals surface area contributed by atoms with Gasteiger partial charge in [-0.1, -0.05) is 90.6 Å². The molecular weight excluding hydrogens is 562 g/mol. The predicted molar refractivity (Wildman–Crippen MR) is 188 cm³/mol. The van der Waals surface area contributed by atoms with Crippen LogP contribution in [0.1, 0.15) is 66.4 Å². The van der Waals surface area contributed by atoms with Crippen LogP contribution in [0.4, 0.5) is 0 Å². The predicted octanol–water partition coefficient (Wildman–Crippen LogP) is 10.6. The molecule has 0 spiro atoms. The van der Waals surface area contributed by atoms with Crippen molar-refractivity contribution in [1.29, 1.82) is 0 Å². The van der Waals surface area contributed by atoms with Gasteiger partial charge < -0.3 is 4.42 Å². The second kappa shape index (κ2) is 10.9. The standard InChI is InChI=1S/C42H33N3O/c1-26-15-22-37-39(35-13-7-8-14-36(35)46-37)38(26)42-44-40(33-20-16-28-11-5-6-12-29(28)24-33)43-41(45-42)34-21-19-31-23-30(17-18-32(31)25-34)27-9-3-2-4-10-27/h3,5,7-11,13-14,16-21,23-25H,2,4,6,12,15,22H2,1H3. The van der Waals surface area contributed by atoms with E-state index >= 15 is 0 Å². The SMILES string of the molecule is CC1=C(c2nc(-c3ccc4c(c3)CCC=C4)nc(-c3ccc4cc(C5=CCCC=C5)ccc4c3)n2)c2c(oc3ccccc23)CC1. The molecular formula is C42H33N3O. The molecule has 0 saturated carbocycles. The van der Waals surface area contributed by atoms with Crippen molar-refractivity contribution in [3.63, 3.8) is 0 Å². The Morgan fingerprint density at radius 1 is 0.630 bits per heavy atom. The van der Waals surface area contributed by atoms with Gasteiger partial charge in [-0.25, -0.2) is 15.0 Å². The van der Waals surface area contributed by atoms with Crippen molar-refractivity contribution in [3.8, 4) is 22.8 Å². The fraction of sp³-hybridized carbons (Fsp3) is 0.167. The molecule has 4 aromatic carbocycles. The number of nitrogens with zero attached hydrogens (tertiary/aromatic N) is 3. The average molecular weight is 596 g/mol. The topological polar surface area (TPSA) is 51.8 Å². The first-order valence-corrected chi connectivity index (χ1v) is 16.4. The number of rotatable bonds is 4. The number of hydrogen-bond acceptors (Lipinski definition) is 4. The Bertz CT molecular complexity index is 2330. The molecule has 0 bridgehead atoms. The van der Waals surface area contributed by atoms with Crippen molar-refractivity contribution in [2.24, 2.45) is 0 Å². The number of hydrogen-bond donors (Lipinski definition) is 0. The molecule has 9 rings (SSSR count). The minimum atomic E-state index is 0.682. The lowest BCUT2D eigenvalue weighted by atomic mass is 9.88. The normalized spacial score (nSPS) is 15.7. The maximum absolute atomic E-state index is 6.36. The molecule has 4 heteroatoms. The van der Waals surface area contributed by atoms with Crippen molar-refractivity contribution in [3.05, 3.63) is 143 Å². The summed E-state index contributed by atoms with van der Waals surface area (Å²) in [6, 6.07) is 28.2. The minimum Gasteiger partial charge on any atom is -0.460 e. The van der Waals surface area contributed by atoms with E-state index in [1.807, 2.05) is 12.1 Å². The van der Waals surface area contributed by atoms with Gasteiger partial charge in [-0.2, -0.15) is 0 Å². The van der Waals surface area contributed by atoms with Crippen LogP contribution in [0.5, 0.6) is 0 Å². The highest BCUT2D eigenvalue weighted by Crippen LogP contribution is 2.42. The summed E-state index contributed by atoms with van der Waals surface area (Å²) in [4.78, 5) is 15.6. The molecule has 46 heavy (non-hydrogen) atoms. The van der Waals surface area contributed by atoms with Crippen LogP contribution in [0.2, 0.25) is 0 Å². The van der Waals surface area contributed by atoms with E-state index in [9.17, 15) is 0 Å². The average Bonchev–Trinajstić information content (AvgIpc) is 3.50. The van der Waals surface area contributed by atoms with Gasteiger partial charge >= 0.3 is 0 Å². The van der Waals surface area contributed by atoms with Gasteiger partial charge in [0.25, 0.3) is 0 Å². The monoisotopic (exact) mass is 595 g/mol. The number of fused-ring (bicyclic) bond motifs is 5. The van der Waals surface area contributed by atoms with Crippen LogP contribution in [-0.2, 0) is 12.8 Å². The molecule has 0 amide bonds. The molecule has 0 fully saturated rings. The van der Waals surface area contributed by atoms with E-state index in [1.165, 1.54) is 38.6 Å². The Kier molecular flexibility index (Phi) is 6.41. The van der Waals surface area contributed by atoms with Crippen molar-refractivity contribution in [1.82, 2.24) is 15.0 Å². The van der Waals surface area contributed by atoms with Gasteiger partial charge in [0.05, 0.1) is 0 Å². The van der Waals surface area contributed by atoms with Gasteiger partial charge in [0, 0.05) is 34.1 Å². The van der Waals surface area contributed by atoms with Crippen LogP contribution in [0.3, 0.4) is 0 Å². The largest absolute Gasteiger partial charge is 0.460 e. The third kappa shape index (κ3) is 4.64. The molecule has 0 N–H and O–H groups in total. The Morgan fingerprint density at radius 3 is 2.22 bits per heavy atom. The highest BCUT2D eigenvalue weighted by atomic mass is 16.3. The maximum Gasteiger partial charge on any atom is 0.164 e. The van der Waals surface area contributed by atoms with E-state index in [2.05, 4.69) is 104 Å². The van der Waals surface area contributed by atoms with Crippen LogP contribution in [-0.4, -0.2) is 15.0 Å². The number of allylic oxidation sites excluding steroid dienone is 6. The molecule has 0 atom stereocenters. The summed E-state index contributed by atoms with van der Waals surface area (Å²) in [6.07, 6.45) is 17.4. The molecule has 3 aliphatic rings. The zero-order valence-corrected chi connectivity index (χ0v) is 25.9. The second-order valence-corrected chi connectivity index (χ2v) is 12.6. The van der Waals surface area contributed by atoms with Gasteiger partial charge in [-0.3, -0.25) is 0 Å². The smallest absolute Gasteiger partial charge is 0.164 e. The Balaban J connectivity index is 1.22. The summed E-state index contributed by atoms with van der Waals surface area (Å²) in [6.45, 7) is 2.21. The third-order valence-corrected chi connectivity index (χ3v) is 9.64. The Labute approximate surface area is 268 Å². The molecule has 3 aliphatic carbocycles. The number of para-hydroxylation sites is 1. The van der Waals surface area contributed by atoms with Crippen molar-refractivity contribution in [2.45, 2.75) is 45.4 Å². The second-order valence-electron chi connectivity index (χ2n) is 12.6. The molecule has 0 aliphatic heterocycles. The number of benzene rings is 4. The van der Waals surface area contributed by atoms with Gasteiger partial charge in [0.15, 0.2) is 17.5 Å². The molecule has 0 unspecified atom stereocenters. The highest BCUT2D eigenvalue weighted by Gasteiger charge is 2.27. The summed E-state index contributed by atoms with van der Waals surface area (Å²) < 4.78 is 6.36. The Hall–Kier alpha value is -5.35. The molecule has 2 aromatic heterocycles. The molecule has 222 valence electrons. The lowest BCUT2D eigenvalue weighted by Gasteiger charge is -2.18. The number of furan rings is 1. The first-order chi connectivity index (χ1) is 22.7. The fourth-order valence-electron chi connectivity index (χ4n) is 7.20. The lowest BCUT2D eigenvalue weighted by Crippen LogP contribution is -2.09. The summed E-state index contributed by atoms with van der Waals surface area (Å²) >= 11 is 0. The first kappa shape index (κ1) is 27.0. The van der Waals surface area contributed by atoms with E-state index in [4.69, 9.17) is 19.4 Å². The molecule has 0 radical (unpaired) electrons. The molecule has 0 saturated heterocycles. The van der Waals surface area contributed by atoms with E-state index in [1.54, 1.807) is 0 Å². The maximum atomic E-state index is 6.36. The van der Waals surface area contributed by atoms with Crippen LogP contribution >= 0.6 is 0 Å². The quantitative estimate of drug-likeness (QED) is 0.203. The van der Waals surface area contributed by atoms with Crippen molar-refractivity contribution >= 4 is 39.0 Å². The highest BCUT2D eigenvalue weighted by molar-refractivity contribution is 5.98. The fourth-order valence-corrected chi connectivity index (χ4v) is 7.20. The lowest BCUT2D eigenvalue weighted by molar-refractivity contribution is 0.542. The number of aryl methyl sites for hydroxylation is 2. The first-order valence-electron chi connectivity index (χ1n) is 16.4. The van der Waals surface area contributed by atoms with Gasteiger partial charge in [-0.05, 0) is 96.3 Å². The van der Waals surface area contributed by atoms with Crippen molar-refractivity contribution < 1.29 is 4.42 Å².